The summed E-state index contributed by atoms with van der Waals surface area (Å²) in [5.41, 5.74) is 2.30. The van der Waals surface area contributed by atoms with E-state index in [9.17, 15) is 20.3 Å². The molecule has 0 spiro atoms. The van der Waals surface area contributed by atoms with E-state index in [2.05, 4.69) is 5.32 Å². The van der Waals surface area contributed by atoms with Crippen LogP contribution in [0.25, 0.3) is 11.3 Å². The lowest BCUT2D eigenvalue weighted by atomic mass is 9.95. The van der Waals surface area contributed by atoms with E-state index in [0.717, 1.165) is 5.56 Å². The monoisotopic (exact) mass is 283 g/mol. The zero-order valence-corrected chi connectivity index (χ0v) is 11.1. The molecule has 2 aliphatic rings. The van der Waals surface area contributed by atoms with Crippen LogP contribution in [0.2, 0.25) is 0 Å². The summed E-state index contributed by atoms with van der Waals surface area (Å²) in [6.07, 6.45) is 2.81. The van der Waals surface area contributed by atoms with Crippen LogP contribution in [0.1, 0.15) is 18.1 Å². The van der Waals surface area contributed by atoms with E-state index in [0.29, 0.717) is 16.7 Å². The number of rotatable bonds is 1. The molecule has 0 bridgehead atoms. The summed E-state index contributed by atoms with van der Waals surface area (Å²) in [4.78, 5) is 10.6. The highest BCUT2D eigenvalue weighted by Crippen LogP contribution is 2.42. The Balaban J connectivity index is 2.21. The fourth-order valence-electron chi connectivity index (χ4n) is 2.52. The number of allylic oxidation sites excluding steroid dienone is 4. The molecule has 6 heteroatoms. The average Bonchev–Trinajstić information content (AvgIpc) is 2.71. The van der Waals surface area contributed by atoms with Crippen molar-refractivity contribution in [2.75, 3.05) is 0 Å². The van der Waals surface area contributed by atoms with E-state index in [4.69, 9.17) is 0 Å². The molecule has 0 aromatic heterocycles. The molecule has 2 N–H and O–H groups in total. The average molecular weight is 283 g/mol. The first-order chi connectivity index (χ1) is 9.99. The predicted molar refractivity (Wildman–Crippen MR) is 77.9 cm³/mol. The van der Waals surface area contributed by atoms with E-state index in [1.54, 1.807) is 24.3 Å². The van der Waals surface area contributed by atoms with Gasteiger partial charge in [-0.15, -0.1) is 0 Å². The van der Waals surface area contributed by atoms with Gasteiger partial charge in [0.05, 0.1) is 0 Å². The molecule has 1 aromatic rings. The Morgan fingerprint density at radius 1 is 1.19 bits per heavy atom. The van der Waals surface area contributed by atoms with Crippen molar-refractivity contribution in [3.8, 4) is 0 Å². The van der Waals surface area contributed by atoms with Crippen molar-refractivity contribution < 1.29 is 14.8 Å². The normalized spacial score (nSPS) is 16.0. The van der Waals surface area contributed by atoms with E-state index in [1.165, 1.54) is 19.1 Å². The topological polar surface area (TPSA) is 98.5 Å². The Morgan fingerprint density at radius 3 is 2.48 bits per heavy atom. The maximum atomic E-state index is 11.2. The molecule has 1 amide bonds. The number of hydrogen-bond acceptors (Lipinski definition) is 4. The minimum Gasteiger partial charge on any atom is -0.612 e. The second kappa shape index (κ2) is 4.52. The van der Waals surface area contributed by atoms with E-state index in [1.807, 2.05) is 0 Å². The van der Waals surface area contributed by atoms with Gasteiger partial charge in [-0.2, -0.15) is 4.90 Å². The lowest BCUT2D eigenvalue weighted by molar-refractivity contribution is -0.377. The predicted octanol–water partition coefficient (Wildman–Crippen LogP) is 1.84. The van der Waals surface area contributed by atoms with Crippen LogP contribution in [-0.2, 0) is 4.79 Å². The summed E-state index contributed by atoms with van der Waals surface area (Å²) in [6, 6.07) is 7.12. The summed E-state index contributed by atoms with van der Waals surface area (Å²) in [5, 5.41) is 35.0. The number of amides is 1. The van der Waals surface area contributed by atoms with Gasteiger partial charge in [-0.05, 0) is 11.6 Å². The Kier molecular flexibility index (Phi) is 2.79. The number of benzene rings is 1. The first-order valence-corrected chi connectivity index (χ1v) is 6.25. The van der Waals surface area contributed by atoms with Crippen LogP contribution in [0.3, 0.4) is 0 Å². The lowest BCUT2D eigenvalue weighted by Crippen LogP contribution is -2.29. The molecule has 0 heterocycles. The third kappa shape index (κ3) is 1.97. The molecule has 106 valence electrons. The van der Waals surface area contributed by atoms with Gasteiger partial charge in [0.1, 0.15) is 11.5 Å². The van der Waals surface area contributed by atoms with Crippen LogP contribution in [0.5, 0.6) is 0 Å². The van der Waals surface area contributed by atoms with Crippen molar-refractivity contribution >= 4 is 23.0 Å². The maximum Gasteiger partial charge on any atom is 0.247 e. The number of nitrogens with zero attached hydrogens (tertiary/aromatic N) is 1. The zero-order valence-electron chi connectivity index (χ0n) is 11.1. The van der Waals surface area contributed by atoms with Crippen LogP contribution in [0.15, 0.2) is 47.7 Å². The number of hydrogen-bond donors (Lipinski definition) is 2. The molecular formula is C15H11N2O4-. The van der Waals surface area contributed by atoms with Crippen molar-refractivity contribution in [3.63, 3.8) is 0 Å². The number of aliphatic hydroxyl groups is 1. The Labute approximate surface area is 120 Å². The molecular weight excluding hydrogens is 272 g/mol. The summed E-state index contributed by atoms with van der Waals surface area (Å²) < 4.78 is 0. The number of aliphatic hydroxyl groups excluding tert-OH is 1. The van der Waals surface area contributed by atoms with E-state index in [-0.39, 0.29) is 17.2 Å². The van der Waals surface area contributed by atoms with Crippen molar-refractivity contribution in [1.82, 2.24) is 5.32 Å². The molecule has 0 saturated carbocycles. The van der Waals surface area contributed by atoms with Crippen molar-refractivity contribution in [2.45, 2.75) is 6.92 Å². The SMILES string of the molecule is CC(=O)NC1=CC2=C(O)c3ccccc3C2=CC1=[N+]([O-])[O-]. The highest BCUT2D eigenvalue weighted by molar-refractivity contribution is 6.18. The maximum absolute atomic E-state index is 11.2. The van der Waals surface area contributed by atoms with E-state index >= 15 is 0 Å². The lowest BCUT2D eigenvalue weighted by Gasteiger charge is -2.17. The second-order valence-corrected chi connectivity index (χ2v) is 4.75. The van der Waals surface area contributed by atoms with Gasteiger partial charge < -0.3 is 20.8 Å². The summed E-state index contributed by atoms with van der Waals surface area (Å²) >= 11 is 0. The molecule has 0 saturated heterocycles. The molecule has 0 fully saturated rings. The molecule has 21 heavy (non-hydrogen) atoms. The first-order valence-electron chi connectivity index (χ1n) is 6.25. The minimum absolute atomic E-state index is 0.0575. The molecule has 2 aliphatic carbocycles. The van der Waals surface area contributed by atoms with Gasteiger partial charge in [0.25, 0.3) is 0 Å². The molecule has 0 aliphatic heterocycles. The zero-order chi connectivity index (χ0) is 15.1. The Bertz CT molecular complexity index is 781. The smallest absolute Gasteiger partial charge is 0.247 e. The van der Waals surface area contributed by atoms with Crippen molar-refractivity contribution in [2.24, 2.45) is 0 Å². The number of fused-ring (bicyclic) bond motifs is 3. The standard InChI is InChI=1S/C15H11N2O4/c1-8(18)16-13-6-12-11(7-14(13)17(20)21)9-4-2-3-5-10(9)15(12)19/h2-7H,1H3,(H2-,16,18,19,20,21)/q-1. The van der Waals surface area contributed by atoms with Crippen LogP contribution in [0.4, 0.5) is 0 Å². The second-order valence-electron chi connectivity index (χ2n) is 4.75. The van der Waals surface area contributed by atoms with Crippen LogP contribution in [0, 0.1) is 10.4 Å². The third-order valence-electron chi connectivity index (χ3n) is 3.37. The van der Waals surface area contributed by atoms with Gasteiger partial charge in [-0.1, -0.05) is 24.3 Å². The fraction of sp³-hybridized carbons (Fsp3) is 0.0667. The number of carbonyl (C=O) groups is 1. The van der Waals surface area contributed by atoms with Crippen molar-refractivity contribution in [3.05, 3.63) is 69.2 Å². The van der Waals surface area contributed by atoms with Gasteiger partial charge in [0, 0.05) is 29.7 Å². The quantitative estimate of drug-likeness (QED) is 0.606. The molecule has 3 rings (SSSR count). The first kappa shape index (κ1) is 13.0. The summed E-state index contributed by atoms with van der Waals surface area (Å²) in [5.74, 6) is -0.352. The van der Waals surface area contributed by atoms with E-state index < -0.39 is 10.8 Å². The fourth-order valence-corrected chi connectivity index (χ4v) is 2.52. The van der Waals surface area contributed by atoms with Gasteiger partial charge in [0.15, 0.2) is 0 Å². The highest BCUT2D eigenvalue weighted by atomic mass is 16.8. The summed E-state index contributed by atoms with van der Waals surface area (Å²) in [6.45, 7) is 1.27. The van der Waals surface area contributed by atoms with Gasteiger partial charge in [-0.25, -0.2) is 0 Å². The Morgan fingerprint density at radius 2 is 1.86 bits per heavy atom. The molecule has 1 aromatic carbocycles. The third-order valence-corrected chi connectivity index (χ3v) is 3.37. The van der Waals surface area contributed by atoms with Crippen LogP contribution in [-0.4, -0.2) is 21.6 Å². The largest absolute Gasteiger partial charge is 0.612 e. The Hall–Kier alpha value is -3.02. The minimum atomic E-state index is -0.552. The van der Waals surface area contributed by atoms with Crippen LogP contribution < -0.4 is 5.32 Å². The van der Waals surface area contributed by atoms with Crippen molar-refractivity contribution in [1.29, 1.82) is 0 Å². The molecule has 0 atom stereocenters. The molecule has 6 nitrogen and oxygen atoms in total. The van der Waals surface area contributed by atoms with Gasteiger partial charge >= 0.3 is 0 Å². The highest BCUT2D eigenvalue weighted by Gasteiger charge is 2.31. The molecule has 0 radical (unpaired) electrons. The number of nitrogens with one attached hydrogen (secondary N) is 1. The molecule has 0 unspecified atom stereocenters. The summed E-state index contributed by atoms with van der Waals surface area (Å²) in [7, 11) is 0. The number of carbonyl (C=O) groups excluding carboxylic acids is 1. The van der Waals surface area contributed by atoms with Gasteiger partial charge in [0.2, 0.25) is 11.6 Å². The van der Waals surface area contributed by atoms with Gasteiger partial charge in [-0.3, -0.25) is 4.79 Å². The van der Waals surface area contributed by atoms with Crippen LogP contribution >= 0.6 is 0 Å².